The maximum absolute atomic E-state index is 12.1. The van der Waals surface area contributed by atoms with Crippen molar-refractivity contribution in [3.05, 3.63) is 65.4 Å². The molecule has 1 aliphatic carbocycles. The molecule has 2 atom stereocenters. The summed E-state index contributed by atoms with van der Waals surface area (Å²) in [6.07, 6.45) is 2.97. The zero-order valence-electron chi connectivity index (χ0n) is 16.5. The van der Waals surface area contributed by atoms with Crippen LogP contribution in [0.1, 0.15) is 30.2 Å². The highest BCUT2D eigenvalue weighted by molar-refractivity contribution is 5.85. The minimum atomic E-state index is 0.0361. The van der Waals surface area contributed by atoms with Gasteiger partial charge in [-0.05, 0) is 54.5 Å². The van der Waals surface area contributed by atoms with Gasteiger partial charge in [-0.3, -0.25) is 4.79 Å². The summed E-state index contributed by atoms with van der Waals surface area (Å²) in [4.78, 5) is 17.8. The van der Waals surface area contributed by atoms with Crippen molar-refractivity contribution in [1.29, 1.82) is 0 Å². The molecule has 1 amide bonds. The maximum atomic E-state index is 12.1. The van der Waals surface area contributed by atoms with Crippen LogP contribution >= 0.6 is 0 Å². The van der Waals surface area contributed by atoms with Gasteiger partial charge in [0.1, 0.15) is 5.75 Å². The second-order valence-electron chi connectivity index (χ2n) is 8.31. The van der Waals surface area contributed by atoms with Crippen LogP contribution in [0.2, 0.25) is 0 Å². The molecule has 2 aromatic carbocycles. The van der Waals surface area contributed by atoms with Gasteiger partial charge in [0, 0.05) is 42.0 Å². The molecule has 0 radical (unpaired) electrons. The molecule has 2 aliphatic rings. The largest absolute Gasteiger partial charge is 0.497 e. The van der Waals surface area contributed by atoms with E-state index in [1.165, 1.54) is 27.7 Å². The van der Waals surface area contributed by atoms with Gasteiger partial charge in [0.25, 0.3) is 0 Å². The van der Waals surface area contributed by atoms with E-state index in [0.717, 1.165) is 38.1 Å². The number of nitrogens with zero attached hydrogens (tertiary/aromatic N) is 1. The normalized spacial score (nSPS) is 23.9. The van der Waals surface area contributed by atoms with Crippen LogP contribution in [-0.2, 0) is 23.1 Å². The van der Waals surface area contributed by atoms with Crippen LogP contribution < -0.4 is 4.74 Å². The van der Waals surface area contributed by atoms with Gasteiger partial charge in [-0.2, -0.15) is 0 Å². The number of methoxy groups -OCH3 is 1. The smallest absolute Gasteiger partial charge is 0.219 e. The van der Waals surface area contributed by atoms with E-state index in [1.54, 1.807) is 14.0 Å². The zero-order chi connectivity index (χ0) is 19.3. The van der Waals surface area contributed by atoms with Crippen molar-refractivity contribution in [3.8, 4) is 5.75 Å². The third kappa shape index (κ3) is 2.55. The molecule has 1 aromatic heterocycles. The molecule has 3 aromatic rings. The van der Waals surface area contributed by atoms with Crippen molar-refractivity contribution in [1.82, 2.24) is 9.88 Å². The molecular weight excluding hydrogens is 348 g/mol. The molecule has 1 unspecified atom stereocenters. The van der Waals surface area contributed by atoms with Gasteiger partial charge in [0.15, 0.2) is 0 Å². The molecule has 0 saturated carbocycles. The summed E-state index contributed by atoms with van der Waals surface area (Å²) in [6.45, 7) is 3.34. The lowest BCUT2D eigenvalue weighted by atomic mass is 9.58. The van der Waals surface area contributed by atoms with Crippen LogP contribution in [0.3, 0.4) is 0 Å². The first kappa shape index (κ1) is 17.4. The van der Waals surface area contributed by atoms with Crippen molar-refractivity contribution in [2.45, 2.75) is 31.6 Å². The Kier molecular flexibility index (Phi) is 3.97. The zero-order valence-corrected chi connectivity index (χ0v) is 16.5. The number of likely N-dealkylation sites (tertiary alicyclic amines) is 1. The van der Waals surface area contributed by atoms with Gasteiger partial charge in [0.05, 0.1) is 7.11 Å². The molecule has 4 nitrogen and oxygen atoms in total. The first-order valence-electron chi connectivity index (χ1n) is 10.1. The van der Waals surface area contributed by atoms with E-state index in [-0.39, 0.29) is 11.3 Å². The van der Waals surface area contributed by atoms with E-state index in [0.29, 0.717) is 5.92 Å². The number of amides is 1. The Morgan fingerprint density at radius 1 is 1.21 bits per heavy atom. The highest BCUT2D eigenvalue weighted by atomic mass is 16.5. The number of para-hydroxylation sites is 1. The highest BCUT2D eigenvalue weighted by Crippen LogP contribution is 2.49. The summed E-state index contributed by atoms with van der Waals surface area (Å²) in [5.41, 5.74) is 5.38. The van der Waals surface area contributed by atoms with Gasteiger partial charge in [-0.25, -0.2) is 0 Å². The van der Waals surface area contributed by atoms with Crippen LogP contribution in [0.15, 0.2) is 48.5 Å². The lowest BCUT2D eigenvalue weighted by Crippen LogP contribution is -2.54. The molecule has 0 bridgehead atoms. The van der Waals surface area contributed by atoms with Gasteiger partial charge < -0.3 is 14.6 Å². The highest BCUT2D eigenvalue weighted by Gasteiger charge is 2.48. The van der Waals surface area contributed by atoms with Gasteiger partial charge in [-0.15, -0.1) is 0 Å². The van der Waals surface area contributed by atoms with Gasteiger partial charge in [0.2, 0.25) is 5.91 Å². The second kappa shape index (κ2) is 6.40. The number of carbonyl (C=O) groups is 1. The van der Waals surface area contributed by atoms with Crippen LogP contribution in [0.4, 0.5) is 0 Å². The molecule has 144 valence electrons. The predicted molar refractivity (Wildman–Crippen MR) is 111 cm³/mol. The number of H-pyrrole nitrogens is 1. The van der Waals surface area contributed by atoms with E-state index < -0.39 is 0 Å². The van der Waals surface area contributed by atoms with Crippen LogP contribution in [0.25, 0.3) is 10.9 Å². The van der Waals surface area contributed by atoms with Crippen LogP contribution in [0, 0.1) is 5.92 Å². The Labute approximate surface area is 165 Å². The fourth-order valence-electron chi connectivity index (χ4n) is 5.47. The minimum absolute atomic E-state index is 0.0361. The van der Waals surface area contributed by atoms with Crippen molar-refractivity contribution in [3.63, 3.8) is 0 Å². The molecule has 1 aliphatic heterocycles. The van der Waals surface area contributed by atoms with E-state index in [2.05, 4.69) is 47.4 Å². The number of fused-ring (bicyclic) bond motifs is 4. The van der Waals surface area contributed by atoms with Gasteiger partial charge in [-0.1, -0.05) is 30.3 Å². The number of hydrogen-bond acceptors (Lipinski definition) is 2. The summed E-state index contributed by atoms with van der Waals surface area (Å²) >= 11 is 0. The topological polar surface area (TPSA) is 45.3 Å². The Balaban J connectivity index is 1.65. The van der Waals surface area contributed by atoms with Crippen LogP contribution in [0.5, 0.6) is 5.75 Å². The maximum Gasteiger partial charge on any atom is 0.219 e. The molecule has 1 N–H and O–H groups in total. The average molecular weight is 374 g/mol. The van der Waals surface area contributed by atoms with Gasteiger partial charge >= 0.3 is 0 Å². The summed E-state index contributed by atoms with van der Waals surface area (Å²) in [5, 5.41) is 1.33. The van der Waals surface area contributed by atoms with E-state index in [1.807, 2.05) is 11.0 Å². The third-order valence-electron chi connectivity index (χ3n) is 6.98. The number of ether oxygens (including phenoxy) is 1. The SMILES string of the molecule is COc1cccc([C@]23CCN(C(C)=O)CC2Cc2c([nH]c4ccccc24)C3)c1. The molecule has 2 heterocycles. The Hall–Kier alpha value is -2.75. The Bertz CT molecular complexity index is 1050. The summed E-state index contributed by atoms with van der Waals surface area (Å²) in [5.74, 6) is 1.50. The first-order valence-corrected chi connectivity index (χ1v) is 10.1. The summed E-state index contributed by atoms with van der Waals surface area (Å²) in [6, 6.07) is 17.1. The lowest BCUT2D eigenvalue weighted by molar-refractivity contribution is -0.132. The molecule has 28 heavy (non-hydrogen) atoms. The van der Waals surface area contributed by atoms with Crippen molar-refractivity contribution in [2.75, 3.05) is 20.2 Å². The molecule has 1 saturated heterocycles. The molecule has 5 rings (SSSR count). The summed E-state index contributed by atoms with van der Waals surface area (Å²) < 4.78 is 5.53. The van der Waals surface area contributed by atoms with E-state index >= 15 is 0 Å². The lowest BCUT2D eigenvalue weighted by Gasteiger charge is -2.51. The number of hydrogen-bond donors (Lipinski definition) is 1. The fourth-order valence-corrected chi connectivity index (χ4v) is 5.47. The molecule has 4 heteroatoms. The van der Waals surface area contributed by atoms with Crippen molar-refractivity contribution >= 4 is 16.8 Å². The quantitative estimate of drug-likeness (QED) is 0.735. The Morgan fingerprint density at radius 2 is 2.07 bits per heavy atom. The number of aromatic nitrogens is 1. The predicted octanol–water partition coefficient (Wildman–Crippen LogP) is 4.08. The molecule has 0 spiro atoms. The number of nitrogens with one attached hydrogen (secondary N) is 1. The number of piperidine rings is 1. The second-order valence-corrected chi connectivity index (χ2v) is 8.31. The average Bonchev–Trinajstić information content (AvgIpc) is 3.08. The van der Waals surface area contributed by atoms with E-state index in [4.69, 9.17) is 4.74 Å². The number of aromatic amines is 1. The Morgan fingerprint density at radius 3 is 2.89 bits per heavy atom. The van der Waals surface area contributed by atoms with Crippen molar-refractivity contribution < 1.29 is 9.53 Å². The number of rotatable bonds is 2. The third-order valence-corrected chi connectivity index (χ3v) is 6.98. The molecule has 1 fully saturated rings. The first-order chi connectivity index (χ1) is 13.6. The standard InChI is InChI=1S/C24H26N2O2/c1-16(27)26-11-10-24(17-6-5-7-19(12-17)28-2)14-23-21(13-18(24)15-26)20-8-3-4-9-22(20)25-23/h3-9,12,18,25H,10-11,13-15H2,1-2H3/t18?,24-/m1/s1. The minimum Gasteiger partial charge on any atom is -0.497 e. The molecular formula is C24H26N2O2. The fraction of sp³-hybridized carbons (Fsp3) is 0.375. The van der Waals surface area contributed by atoms with E-state index in [9.17, 15) is 4.79 Å². The summed E-state index contributed by atoms with van der Waals surface area (Å²) in [7, 11) is 1.73. The number of benzene rings is 2. The van der Waals surface area contributed by atoms with Crippen molar-refractivity contribution in [2.24, 2.45) is 5.92 Å². The monoisotopic (exact) mass is 374 g/mol. The number of carbonyl (C=O) groups excluding carboxylic acids is 1. The van der Waals surface area contributed by atoms with Crippen LogP contribution in [-0.4, -0.2) is 36.0 Å².